The summed E-state index contributed by atoms with van der Waals surface area (Å²) in [7, 11) is 1.60. The van der Waals surface area contributed by atoms with E-state index in [4.69, 9.17) is 23.2 Å². The highest BCUT2D eigenvalue weighted by Gasteiger charge is 2.28. The van der Waals surface area contributed by atoms with E-state index in [1.54, 1.807) is 13.1 Å². The molecule has 128 valence electrons. The van der Waals surface area contributed by atoms with Crippen molar-refractivity contribution in [1.82, 2.24) is 5.32 Å². The largest absolute Gasteiger partial charge is 0.355 e. The van der Waals surface area contributed by atoms with Gasteiger partial charge in [-0.3, -0.25) is 9.59 Å². The maximum Gasteiger partial charge on any atom is 0.258 e. The zero-order valence-corrected chi connectivity index (χ0v) is 16.3. The van der Waals surface area contributed by atoms with Gasteiger partial charge in [-0.05, 0) is 36.8 Å². The molecule has 0 saturated heterocycles. The number of fused-ring (bicyclic) bond motifs is 1. The van der Waals surface area contributed by atoms with E-state index in [0.29, 0.717) is 30.7 Å². The molecule has 1 atom stereocenters. The molecule has 2 amide bonds. The van der Waals surface area contributed by atoms with Crippen molar-refractivity contribution in [2.24, 2.45) is 5.92 Å². The smallest absolute Gasteiger partial charge is 0.258 e. The second-order valence-electron chi connectivity index (χ2n) is 5.83. The molecular formula is C16H16Cl2N2O2S2. The Hall–Kier alpha value is -1.08. The predicted molar refractivity (Wildman–Crippen MR) is 101 cm³/mol. The van der Waals surface area contributed by atoms with Gasteiger partial charge in [-0.2, -0.15) is 0 Å². The van der Waals surface area contributed by atoms with E-state index in [1.807, 2.05) is 0 Å². The molecule has 1 aliphatic rings. The number of carbonyl (C=O) groups excluding carboxylic acids is 2. The number of nitrogens with one attached hydrogen (secondary N) is 2. The van der Waals surface area contributed by atoms with E-state index in [1.165, 1.54) is 16.2 Å². The lowest BCUT2D eigenvalue weighted by atomic mass is 9.88. The normalized spacial score (nSPS) is 16.6. The van der Waals surface area contributed by atoms with Crippen LogP contribution in [0.2, 0.25) is 8.67 Å². The molecule has 4 nitrogen and oxygen atoms in total. The number of anilines is 1. The van der Waals surface area contributed by atoms with Crippen molar-refractivity contribution >= 4 is 62.7 Å². The number of carbonyl (C=O) groups is 2. The third kappa shape index (κ3) is 3.33. The van der Waals surface area contributed by atoms with Crippen molar-refractivity contribution in [1.29, 1.82) is 0 Å². The highest BCUT2D eigenvalue weighted by molar-refractivity contribution is 7.20. The fourth-order valence-corrected chi connectivity index (χ4v) is 5.73. The van der Waals surface area contributed by atoms with Gasteiger partial charge in [-0.1, -0.05) is 30.1 Å². The first-order valence-corrected chi connectivity index (χ1v) is 9.92. The fraction of sp³-hybridized carbons (Fsp3) is 0.375. The number of rotatable bonds is 3. The minimum atomic E-state index is -0.347. The molecule has 24 heavy (non-hydrogen) atoms. The summed E-state index contributed by atoms with van der Waals surface area (Å²) in [5.74, 6) is 0.0640. The van der Waals surface area contributed by atoms with Crippen molar-refractivity contribution < 1.29 is 9.59 Å². The molecule has 0 radical (unpaired) electrons. The predicted octanol–water partition coefficient (Wildman–Crippen LogP) is 4.85. The van der Waals surface area contributed by atoms with E-state index in [-0.39, 0.29) is 11.8 Å². The third-order valence-electron chi connectivity index (χ3n) is 4.09. The van der Waals surface area contributed by atoms with Crippen LogP contribution in [0.15, 0.2) is 6.07 Å². The Labute approximate surface area is 158 Å². The molecule has 0 saturated carbocycles. The summed E-state index contributed by atoms with van der Waals surface area (Å²) in [6, 6.07) is 1.54. The molecular weight excluding hydrogens is 387 g/mol. The van der Waals surface area contributed by atoms with E-state index < -0.39 is 0 Å². The molecule has 2 aromatic heterocycles. The van der Waals surface area contributed by atoms with Gasteiger partial charge in [0.25, 0.3) is 11.8 Å². The molecule has 3 rings (SSSR count). The molecule has 8 heteroatoms. The van der Waals surface area contributed by atoms with Gasteiger partial charge in [0.15, 0.2) is 0 Å². The summed E-state index contributed by atoms with van der Waals surface area (Å²) in [6.07, 6.45) is 2.84. The monoisotopic (exact) mass is 402 g/mol. The molecule has 2 N–H and O–H groups in total. The van der Waals surface area contributed by atoms with Crippen LogP contribution in [0.1, 0.15) is 44.5 Å². The van der Waals surface area contributed by atoms with Crippen LogP contribution in [0.3, 0.4) is 0 Å². The van der Waals surface area contributed by atoms with Crippen LogP contribution in [-0.2, 0) is 12.8 Å². The lowest BCUT2D eigenvalue weighted by Crippen LogP contribution is -2.22. The number of halogens is 2. The maximum absolute atomic E-state index is 12.5. The number of hydrogen-bond acceptors (Lipinski definition) is 4. The van der Waals surface area contributed by atoms with Crippen LogP contribution in [0.5, 0.6) is 0 Å². The average Bonchev–Trinajstić information content (AvgIpc) is 3.05. The van der Waals surface area contributed by atoms with Crippen LogP contribution in [0, 0.1) is 5.92 Å². The Morgan fingerprint density at radius 3 is 2.62 bits per heavy atom. The number of hydrogen-bond donors (Lipinski definition) is 2. The van der Waals surface area contributed by atoms with Crippen LogP contribution in [0.25, 0.3) is 0 Å². The molecule has 2 heterocycles. The third-order valence-corrected chi connectivity index (χ3v) is 6.75. The Morgan fingerprint density at radius 2 is 2.00 bits per heavy atom. The first kappa shape index (κ1) is 17.7. The summed E-state index contributed by atoms with van der Waals surface area (Å²) < 4.78 is 0.796. The van der Waals surface area contributed by atoms with Crippen molar-refractivity contribution in [3.05, 3.63) is 36.3 Å². The SMILES string of the molecule is CNC(=O)c1c(NC(=O)c2cc(Cl)sc2Cl)sc2c1CCC(C)C2. The zero-order valence-electron chi connectivity index (χ0n) is 13.2. The van der Waals surface area contributed by atoms with E-state index in [9.17, 15) is 9.59 Å². The molecule has 0 bridgehead atoms. The lowest BCUT2D eigenvalue weighted by molar-refractivity contribution is 0.0963. The van der Waals surface area contributed by atoms with Gasteiger partial charge in [0.1, 0.15) is 9.34 Å². The first-order chi connectivity index (χ1) is 11.4. The van der Waals surface area contributed by atoms with Gasteiger partial charge in [0.05, 0.1) is 15.5 Å². The van der Waals surface area contributed by atoms with Gasteiger partial charge in [-0.15, -0.1) is 22.7 Å². The van der Waals surface area contributed by atoms with Crippen LogP contribution >= 0.6 is 45.9 Å². The summed E-state index contributed by atoms with van der Waals surface area (Å²) in [6.45, 7) is 2.20. The Morgan fingerprint density at radius 1 is 1.25 bits per heavy atom. The summed E-state index contributed by atoms with van der Waals surface area (Å²) >= 11 is 14.6. The Kier molecular flexibility index (Phi) is 5.20. The fourth-order valence-electron chi connectivity index (χ4n) is 2.87. The molecule has 1 aliphatic carbocycles. The summed E-state index contributed by atoms with van der Waals surface area (Å²) in [4.78, 5) is 26.0. The second-order valence-corrected chi connectivity index (χ2v) is 9.22. The van der Waals surface area contributed by atoms with E-state index >= 15 is 0 Å². The van der Waals surface area contributed by atoms with E-state index in [2.05, 4.69) is 17.6 Å². The first-order valence-electron chi connectivity index (χ1n) is 7.53. The molecule has 0 aliphatic heterocycles. The Balaban J connectivity index is 1.96. The molecule has 2 aromatic rings. The van der Waals surface area contributed by atoms with Gasteiger partial charge in [0.2, 0.25) is 0 Å². The van der Waals surface area contributed by atoms with Crippen molar-refractivity contribution in [2.45, 2.75) is 26.2 Å². The molecule has 1 unspecified atom stereocenters. The maximum atomic E-state index is 12.5. The zero-order chi connectivity index (χ0) is 17.4. The Bertz CT molecular complexity index is 813. The topological polar surface area (TPSA) is 58.2 Å². The highest BCUT2D eigenvalue weighted by atomic mass is 35.5. The quantitative estimate of drug-likeness (QED) is 0.770. The molecule has 0 fully saturated rings. The van der Waals surface area contributed by atoms with Crippen LogP contribution in [-0.4, -0.2) is 18.9 Å². The minimum Gasteiger partial charge on any atom is -0.355 e. The second kappa shape index (κ2) is 7.04. The van der Waals surface area contributed by atoms with Crippen molar-refractivity contribution in [2.75, 3.05) is 12.4 Å². The van der Waals surface area contributed by atoms with Crippen molar-refractivity contribution in [3.63, 3.8) is 0 Å². The molecule has 0 spiro atoms. The van der Waals surface area contributed by atoms with Crippen molar-refractivity contribution in [3.8, 4) is 0 Å². The van der Waals surface area contributed by atoms with Gasteiger partial charge < -0.3 is 10.6 Å². The highest BCUT2D eigenvalue weighted by Crippen LogP contribution is 2.40. The lowest BCUT2D eigenvalue weighted by Gasteiger charge is -2.18. The minimum absolute atomic E-state index is 0.174. The van der Waals surface area contributed by atoms with Gasteiger partial charge >= 0.3 is 0 Å². The number of amides is 2. The average molecular weight is 403 g/mol. The van der Waals surface area contributed by atoms with Gasteiger partial charge in [0, 0.05) is 11.9 Å². The van der Waals surface area contributed by atoms with E-state index in [0.717, 1.165) is 36.2 Å². The van der Waals surface area contributed by atoms with Gasteiger partial charge in [-0.25, -0.2) is 0 Å². The summed E-state index contributed by atoms with van der Waals surface area (Å²) in [5, 5.41) is 6.10. The standard InChI is InChI=1S/C16H16Cl2N2O2S2/c1-7-3-4-8-10(5-7)23-16(12(8)15(22)19-2)20-14(21)9-6-11(17)24-13(9)18/h6-7H,3-5H2,1-2H3,(H,19,22)(H,20,21). The van der Waals surface area contributed by atoms with Crippen LogP contribution < -0.4 is 10.6 Å². The number of thiophene rings is 2. The summed E-state index contributed by atoms with van der Waals surface area (Å²) in [5.41, 5.74) is 1.96. The molecule has 0 aromatic carbocycles. The van der Waals surface area contributed by atoms with Crippen LogP contribution in [0.4, 0.5) is 5.00 Å².